The SMILES string of the molecule is CN(CCOS(=O)(=O)O)c1ccc(/N=N/c2nc3ccccc3s2)cc1. The van der Waals surface area contributed by atoms with E-state index < -0.39 is 10.4 Å². The Morgan fingerprint density at radius 2 is 1.88 bits per heavy atom. The summed E-state index contributed by atoms with van der Waals surface area (Å²) in [7, 11) is -2.63. The number of fused-ring (bicyclic) bond motifs is 1. The predicted molar refractivity (Wildman–Crippen MR) is 101 cm³/mol. The third-order valence-corrected chi connectivity index (χ3v) is 4.87. The zero-order chi connectivity index (χ0) is 18.6. The quantitative estimate of drug-likeness (QED) is 0.482. The molecular formula is C16H16N4O4S2. The lowest BCUT2D eigenvalue weighted by atomic mass is 10.2. The van der Waals surface area contributed by atoms with Gasteiger partial charge < -0.3 is 4.90 Å². The summed E-state index contributed by atoms with van der Waals surface area (Å²) in [5.74, 6) is 0. The number of nitrogens with zero attached hydrogens (tertiary/aromatic N) is 4. The van der Waals surface area contributed by atoms with Crippen LogP contribution in [-0.2, 0) is 14.6 Å². The Morgan fingerprint density at radius 3 is 2.58 bits per heavy atom. The van der Waals surface area contributed by atoms with Crippen molar-refractivity contribution in [2.24, 2.45) is 10.2 Å². The van der Waals surface area contributed by atoms with Crippen LogP contribution in [0.3, 0.4) is 0 Å². The Morgan fingerprint density at radius 1 is 1.15 bits per heavy atom. The summed E-state index contributed by atoms with van der Waals surface area (Å²) in [6.45, 7) is 0.154. The molecule has 0 amide bonds. The maximum atomic E-state index is 10.5. The minimum atomic E-state index is -4.41. The van der Waals surface area contributed by atoms with Crippen LogP contribution in [0.4, 0.5) is 16.5 Å². The largest absolute Gasteiger partial charge is 0.397 e. The molecule has 3 aromatic rings. The number of para-hydroxylation sites is 1. The van der Waals surface area contributed by atoms with E-state index in [1.54, 1.807) is 24.1 Å². The standard InChI is InChI=1S/C16H16N4O4S2/c1-20(10-11-24-26(21,22)23)13-8-6-12(7-9-13)18-19-16-17-14-4-2-3-5-15(14)25-16/h2-9H,10-11H2,1H3,(H,21,22,23)/b19-18+. The highest BCUT2D eigenvalue weighted by molar-refractivity contribution is 7.80. The van der Waals surface area contributed by atoms with Crippen LogP contribution in [-0.4, -0.2) is 38.2 Å². The fourth-order valence-corrected chi connectivity index (χ4v) is 3.26. The molecule has 0 atom stereocenters. The van der Waals surface area contributed by atoms with E-state index in [1.807, 2.05) is 36.4 Å². The summed E-state index contributed by atoms with van der Waals surface area (Å²) in [5.41, 5.74) is 2.43. The summed E-state index contributed by atoms with van der Waals surface area (Å²) in [6.07, 6.45) is 0. The van der Waals surface area contributed by atoms with Crippen molar-refractivity contribution in [3.63, 3.8) is 0 Å². The number of azo groups is 1. The van der Waals surface area contributed by atoms with E-state index in [0.29, 0.717) is 17.4 Å². The summed E-state index contributed by atoms with van der Waals surface area (Å²) in [6, 6.07) is 15.1. The Labute approximate surface area is 154 Å². The van der Waals surface area contributed by atoms with Crippen molar-refractivity contribution >= 4 is 48.5 Å². The van der Waals surface area contributed by atoms with Crippen molar-refractivity contribution < 1.29 is 17.2 Å². The third-order valence-electron chi connectivity index (χ3n) is 3.48. The summed E-state index contributed by atoms with van der Waals surface area (Å²) in [4.78, 5) is 6.18. The van der Waals surface area contributed by atoms with Crippen LogP contribution in [0.5, 0.6) is 0 Å². The Bertz CT molecular complexity index is 983. The number of likely N-dealkylation sites (N-methyl/N-ethyl adjacent to an activating group) is 1. The van der Waals surface area contributed by atoms with Gasteiger partial charge in [0, 0.05) is 19.3 Å². The van der Waals surface area contributed by atoms with Gasteiger partial charge in [0.1, 0.15) is 0 Å². The number of anilines is 1. The second-order valence-electron chi connectivity index (χ2n) is 5.35. The minimum absolute atomic E-state index is 0.144. The molecule has 1 heterocycles. The fourth-order valence-electron chi connectivity index (χ4n) is 2.19. The van der Waals surface area contributed by atoms with Gasteiger partial charge in [-0.05, 0) is 36.4 Å². The van der Waals surface area contributed by atoms with Crippen molar-refractivity contribution in [2.45, 2.75) is 0 Å². The van der Waals surface area contributed by atoms with Gasteiger partial charge in [0.25, 0.3) is 0 Å². The third kappa shape index (κ3) is 5.05. The van der Waals surface area contributed by atoms with Crippen LogP contribution in [0.1, 0.15) is 0 Å². The van der Waals surface area contributed by atoms with Crippen LogP contribution in [0.15, 0.2) is 58.8 Å². The lowest BCUT2D eigenvalue weighted by Gasteiger charge is -2.18. The Kier molecular flexibility index (Phi) is 5.57. The van der Waals surface area contributed by atoms with Gasteiger partial charge in [-0.1, -0.05) is 23.5 Å². The molecule has 1 N–H and O–H groups in total. The molecule has 8 nitrogen and oxygen atoms in total. The number of aromatic nitrogens is 1. The molecule has 0 saturated carbocycles. The maximum Gasteiger partial charge on any atom is 0.397 e. The van der Waals surface area contributed by atoms with Crippen LogP contribution in [0, 0.1) is 0 Å². The first-order valence-electron chi connectivity index (χ1n) is 7.61. The summed E-state index contributed by atoms with van der Waals surface area (Å²) >= 11 is 1.47. The molecule has 0 radical (unpaired) electrons. The summed E-state index contributed by atoms with van der Waals surface area (Å²) < 4.78 is 35.0. The van der Waals surface area contributed by atoms with Crippen LogP contribution in [0.2, 0.25) is 0 Å². The normalized spacial score (nSPS) is 12.1. The molecule has 2 aromatic carbocycles. The zero-order valence-corrected chi connectivity index (χ0v) is 15.4. The highest BCUT2D eigenvalue weighted by atomic mass is 32.3. The van der Waals surface area contributed by atoms with Gasteiger partial charge in [0.15, 0.2) is 0 Å². The zero-order valence-electron chi connectivity index (χ0n) is 13.8. The van der Waals surface area contributed by atoms with E-state index in [9.17, 15) is 8.42 Å². The minimum Gasteiger partial charge on any atom is -0.372 e. The molecule has 0 saturated heterocycles. The Hall–Kier alpha value is -2.40. The van der Waals surface area contributed by atoms with Gasteiger partial charge in [-0.25, -0.2) is 9.17 Å². The average Bonchev–Trinajstić information content (AvgIpc) is 3.02. The first kappa shape index (κ1) is 18.4. The topological polar surface area (TPSA) is 104 Å². The van der Waals surface area contributed by atoms with E-state index >= 15 is 0 Å². The molecule has 0 fully saturated rings. The van der Waals surface area contributed by atoms with Crippen molar-refractivity contribution in [3.05, 3.63) is 48.5 Å². The Balaban J connectivity index is 1.61. The molecule has 0 aliphatic heterocycles. The smallest absolute Gasteiger partial charge is 0.372 e. The molecule has 0 bridgehead atoms. The molecule has 10 heteroatoms. The van der Waals surface area contributed by atoms with E-state index in [2.05, 4.69) is 19.4 Å². The maximum absolute atomic E-state index is 10.5. The van der Waals surface area contributed by atoms with E-state index in [4.69, 9.17) is 4.55 Å². The predicted octanol–water partition coefficient (Wildman–Crippen LogP) is 3.97. The number of rotatable bonds is 7. The van der Waals surface area contributed by atoms with Crippen molar-refractivity contribution in [1.82, 2.24) is 4.98 Å². The highest BCUT2D eigenvalue weighted by Crippen LogP contribution is 2.29. The molecule has 1 aromatic heterocycles. The molecule has 26 heavy (non-hydrogen) atoms. The fraction of sp³-hybridized carbons (Fsp3) is 0.188. The van der Waals surface area contributed by atoms with Crippen molar-refractivity contribution in [2.75, 3.05) is 25.1 Å². The summed E-state index contributed by atoms with van der Waals surface area (Å²) in [5, 5.41) is 8.95. The lowest BCUT2D eigenvalue weighted by molar-refractivity contribution is 0.274. The van der Waals surface area contributed by atoms with Crippen LogP contribution < -0.4 is 4.90 Å². The molecule has 0 aliphatic rings. The number of hydrogen-bond donors (Lipinski definition) is 1. The second-order valence-corrected chi connectivity index (χ2v) is 7.45. The van der Waals surface area contributed by atoms with Gasteiger partial charge in [0.05, 0.1) is 22.5 Å². The molecule has 136 valence electrons. The number of thiazole rings is 1. The highest BCUT2D eigenvalue weighted by Gasteiger charge is 2.06. The van der Waals surface area contributed by atoms with Gasteiger partial charge in [0.2, 0.25) is 5.13 Å². The second kappa shape index (κ2) is 7.87. The average molecular weight is 392 g/mol. The number of hydrogen-bond acceptors (Lipinski definition) is 8. The van der Waals surface area contributed by atoms with Crippen molar-refractivity contribution in [3.8, 4) is 0 Å². The van der Waals surface area contributed by atoms with Gasteiger partial charge in [-0.3, -0.25) is 4.55 Å². The lowest BCUT2D eigenvalue weighted by Crippen LogP contribution is -2.23. The van der Waals surface area contributed by atoms with E-state index in [0.717, 1.165) is 15.9 Å². The van der Waals surface area contributed by atoms with Crippen molar-refractivity contribution in [1.29, 1.82) is 0 Å². The molecule has 0 spiro atoms. The molecule has 3 rings (SSSR count). The van der Waals surface area contributed by atoms with Gasteiger partial charge in [-0.15, -0.1) is 10.2 Å². The molecule has 0 aliphatic carbocycles. The van der Waals surface area contributed by atoms with Crippen LogP contribution in [0.25, 0.3) is 10.2 Å². The number of benzene rings is 2. The van der Waals surface area contributed by atoms with Gasteiger partial charge >= 0.3 is 10.4 Å². The first-order valence-corrected chi connectivity index (χ1v) is 9.79. The first-order chi connectivity index (χ1) is 12.4. The molecule has 0 unspecified atom stereocenters. The van der Waals surface area contributed by atoms with E-state index in [1.165, 1.54) is 11.3 Å². The molecular weight excluding hydrogens is 376 g/mol. The van der Waals surface area contributed by atoms with Crippen LogP contribution >= 0.6 is 11.3 Å². The monoisotopic (exact) mass is 392 g/mol. The van der Waals surface area contributed by atoms with Gasteiger partial charge in [-0.2, -0.15) is 8.42 Å². The van der Waals surface area contributed by atoms with E-state index in [-0.39, 0.29) is 6.61 Å².